The molecule has 28 heavy (non-hydrogen) atoms. The van der Waals surface area contributed by atoms with Gasteiger partial charge >= 0.3 is 0 Å². The van der Waals surface area contributed by atoms with Crippen molar-refractivity contribution in [1.29, 1.82) is 5.26 Å². The molecular weight excluding hydrogens is 350 g/mol. The van der Waals surface area contributed by atoms with Crippen molar-refractivity contribution in [3.63, 3.8) is 0 Å². The van der Waals surface area contributed by atoms with Crippen LogP contribution >= 0.6 is 0 Å². The molecule has 0 aliphatic heterocycles. The number of para-hydroxylation sites is 1. The first-order chi connectivity index (χ1) is 13.7. The molecule has 2 heterocycles. The van der Waals surface area contributed by atoms with Crippen LogP contribution in [0.5, 0.6) is 0 Å². The highest BCUT2D eigenvalue weighted by molar-refractivity contribution is 6.12. The summed E-state index contributed by atoms with van der Waals surface area (Å²) in [5, 5.41) is 13.1. The van der Waals surface area contributed by atoms with Gasteiger partial charge in [0.05, 0.1) is 11.2 Å². The number of hydrogen-bond donors (Lipinski definition) is 1. The van der Waals surface area contributed by atoms with E-state index in [1.807, 2.05) is 66.7 Å². The number of nitrogens with zero attached hydrogens (tertiary/aromatic N) is 2. The van der Waals surface area contributed by atoms with E-state index in [-0.39, 0.29) is 5.57 Å². The van der Waals surface area contributed by atoms with Crippen molar-refractivity contribution in [2.24, 2.45) is 0 Å². The molecule has 0 fully saturated rings. The Morgan fingerprint density at radius 3 is 2.64 bits per heavy atom. The number of carbonyl (C=O) groups excluding carboxylic acids is 1. The molecule has 0 atom stereocenters. The Kier molecular flexibility index (Phi) is 4.68. The zero-order valence-electron chi connectivity index (χ0n) is 14.8. The van der Waals surface area contributed by atoms with E-state index < -0.39 is 5.91 Å². The molecule has 0 spiro atoms. The lowest BCUT2D eigenvalue weighted by molar-refractivity contribution is -0.112. The number of aromatic nitrogens is 1. The predicted octanol–water partition coefficient (Wildman–Crippen LogP) is 5.04. The normalized spacial score (nSPS) is 11.2. The van der Waals surface area contributed by atoms with Gasteiger partial charge in [-0.1, -0.05) is 48.5 Å². The molecule has 5 nitrogen and oxygen atoms in total. The summed E-state index contributed by atoms with van der Waals surface area (Å²) in [5.41, 5.74) is 2.09. The summed E-state index contributed by atoms with van der Waals surface area (Å²) in [7, 11) is 0. The lowest BCUT2D eigenvalue weighted by atomic mass is 10.1. The Hall–Kier alpha value is -4.17. The predicted molar refractivity (Wildman–Crippen MR) is 108 cm³/mol. The van der Waals surface area contributed by atoms with Gasteiger partial charge in [0.15, 0.2) is 0 Å². The maximum absolute atomic E-state index is 12.6. The fraction of sp³-hybridized carbons (Fsp3) is 0. The van der Waals surface area contributed by atoms with Crippen LogP contribution in [0.3, 0.4) is 0 Å². The van der Waals surface area contributed by atoms with E-state index in [1.54, 1.807) is 18.3 Å². The van der Waals surface area contributed by atoms with Crippen molar-refractivity contribution >= 4 is 28.6 Å². The zero-order chi connectivity index (χ0) is 19.3. The van der Waals surface area contributed by atoms with Gasteiger partial charge in [0.1, 0.15) is 23.2 Å². The second-order valence-electron chi connectivity index (χ2n) is 6.07. The molecule has 0 aliphatic rings. The van der Waals surface area contributed by atoms with Gasteiger partial charge in [0, 0.05) is 23.2 Å². The second kappa shape index (κ2) is 7.60. The third-order valence-electron chi connectivity index (χ3n) is 4.22. The summed E-state index contributed by atoms with van der Waals surface area (Å²) in [4.78, 5) is 16.9. The van der Waals surface area contributed by atoms with Gasteiger partial charge in [-0.3, -0.25) is 9.78 Å². The number of pyridine rings is 1. The minimum atomic E-state index is -0.515. The zero-order valence-corrected chi connectivity index (χ0v) is 14.8. The largest absolute Gasteiger partial charge is 0.457 e. The number of amides is 1. The van der Waals surface area contributed by atoms with Crippen molar-refractivity contribution in [3.05, 3.63) is 90.3 Å². The average Bonchev–Trinajstić information content (AvgIpc) is 3.21. The Bertz CT molecular complexity index is 1210. The fourth-order valence-electron chi connectivity index (χ4n) is 2.87. The monoisotopic (exact) mass is 365 g/mol. The summed E-state index contributed by atoms with van der Waals surface area (Å²) in [5.74, 6) is 0.586. The van der Waals surface area contributed by atoms with Crippen molar-refractivity contribution < 1.29 is 9.21 Å². The van der Waals surface area contributed by atoms with Crippen LogP contribution in [0, 0.1) is 11.3 Å². The average molecular weight is 365 g/mol. The highest BCUT2D eigenvalue weighted by Crippen LogP contribution is 2.24. The molecular formula is C23H15N3O2. The van der Waals surface area contributed by atoms with Gasteiger partial charge in [-0.15, -0.1) is 0 Å². The molecule has 1 N–H and O–H groups in total. The van der Waals surface area contributed by atoms with Crippen molar-refractivity contribution in [1.82, 2.24) is 4.98 Å². The minimum Gasteiger partial charge on any atom is -0.457 e. The SMILES string of the molecule is N#C/C(=C/c1ccc(-c2ccccc2)o1)C(=O)Nc1cccc2cccnc12. The third kappa shape index (κ3) is 3.53. The topological polar surface area (TPSA) is 78.9 Å². The quantitative estimate of drug-likeness (QED) is 0.406. The first kappa shape index (κ1) is 17.3. The maximum atomic E-state index is 12.6. The molecule has 5 heteroatoms. The van der Waals surface area contributed by atoms with Crippen molar-refractivity contribution in [2.45, 2.75) is 0 Å². The number of nitriles is 1. The van der Waals surface area contributed by atoms with E-state index in [2.05, 4.69) is 10.3 Å². The van der Waals surface area contributed by atoms with Gasteiger partial charge in [-0.2, -0.15) is 5.26 Å². The lowest BCUT2D eigenvalue weighted by Gasteiger charge is -2.07. The van der Waals surface area contributed by atoms with E-state index in [9.17, 15) is 10.1 Å². The third-order valence-corrected chi connectivity index (χ3v) is 4.22. The molecule has 1 amide bonds. The summed E-state index contributed by atoms with van der Waals surface area (Å²) < 4.78 is 5.75. The fourth-order valence-corrected chi connectivity index (χ4v) is 2.87. The number of carbonyl (C=O) groups is 1. The van der Waals surface area contributed by atoms with Gasteiger partial charge in [0.25, 0.3) is 5.91 Å². The number of hydrogen-bond acceptors (Lipinski definition) is 4. The Morgan fingerprint density at radius 2 is 1.82 bits per heavy atom. The number of rotatable bonds is 4. The van der Waals surface area contributed by atoms with Crippen LogP contribution in [-0.4, -0.2) is 10.9 Å². The first-order valence-corrected chi connectivity index (χ1v) is 8.67. The molecule has 4 aromatic rings. The Morgan fingerprint density at radius 1 is 1.00 bits per heavy atom. The molecule has 2 aromatic carbocycles. The highest BCUT2D eigenvalue weighted by Gasteiger charge is 2.13. The Labute approximate surface area is 161 Å². The summed E-state index contributed by atoms with van der Waals surface area (Å²) in [6.07, 6.45) is 3.09. The highest BCUT2D eigenvalue weighted by atomic mass is 16.3. The maximum Gasteiger partial charge on any atom is 0.266 e. The molecule has 0 unspecified atom stereocenters. The molecule has 0 saturated heterocycles. The molecule has 0 radical (unpaired) electrons. The van der Waals surface area contributed by atoms with Crippen molar-refractivity contribution in [2.75, 3.05) is 5.32 Å². The molecule has 4 rings (SSSR count). The first-order valence-electron chi connectivity index (χ1n) is 8.67. The molecule has 2 aromatic heterocycles. The molecule has 134 valence electrons. The summed E-state index contributed by atoms with van der Waals surface area (Å²) in [6.45, 7) is 0. The van der Waals surface area contributed by atoms with E-state index in [0.29, 0.717) is 22.7 Å². The van der Waals surface area contributed by atoms with E-state index in [1.165, 1.54) is 6.08 Å². The number of nitrogens with one attached hydrogen (secondary N) is 1. The standard InChI is InChI=1S/C23H15N3O2/c24-15-18(14-19-11-12-21(28-19)16-6-2-1-3-7-16)23(27)26-20-10-4-8-17-9-5-13-25-22(17)20/h1-14H,(H,26,27)/b18-14-. The van der Waals surface area contributed by atoms with Gasteiger partial charge in [0.2, 0.25) is 0 Å². The van der Waals surface area contributed by atoms with E-state index >= 15 is 0 Å². The summed E-state index contributed by atoms with van der Waals surface area (Å²) >= 11 is 0. The van der Waals surface area contributed by atoms with Gasteiger partial charge in [-0.25, -0.2) is 0 Å². The number of furan rings is 1. The van der Waals surface area contributed by atoms with Crippen LogP contribution in [-0.2, 0) is 4.79 Å². The number of anilines is 1. The van der Waals surface area contributed by atoms with Crippen molar-refractivity contribution in [3.8, 4) is 17.4 Å². The summed E-state index contributed by atoms with van der Waals surface area (Å²) in [6, 6.07) is 24.3. The molecule has 0 bridgehead atoms. The van der Waals surface area contributed by atoms with Crippen LogP contribution in [0.4, 0.5) is 5.69 Å². The minimum absolute atomic E-state index is 0.0538. The van der Waals surface area contributed by atoms with Gasteiger partial charge in [-0.05, 0) is 24.3 Å². The van der Waals surface area contributed by atoms with Crippen LogP contribution in [0.1, 0.15) is 5.76 Å². The Balaban J connectivity index is 1.59. The molecule has 0 saturated carbocycles. The van der Waals surface area contributed by atoms with Crippen LogP contribution in [0.15, 0.2) is 89.0 Å². The smallest absolute Gasteiger partial charge is 0.266 e. The lowest BCUT2D eigenvalue weighted by Crippen LogP contribution is -2.13. The van der Waals surface area contributed by atoms with E-state index in [4.69, 9.17) is 4.42 Å². The number of benzene rings is 2. The van der Waals surface area contributed by atoms with Gasteiger partial charge < -0.3 is 9.73 Å². The second-order valence-corrected chi connectivity index (χ2v) is 6.07. The van der Waals surface area contributed by atoms with Crippen LogP contribution in [0.25, 0.3) is 28.3 Å². The van der Waals surface area contributed by atoms with Crippen LogP contribution < -0.4 is 5.32 Å². The number of fused-ring (bicyclic) bond motifs is 1. The molecule has 0 aliphatic carbocycles. The van der Waals surface area contributed by atoms with E-state index in [0.717, 1.165) is 10.9 Å². The van der Waals surface area contributed by atoms with Crippen LogP contribution in [0.2, 0.25) is 0 Å².